The van der Waals surface area contributed by atoms with Crippen molar-refractivity contribution >= 4 is 5.69 Å². The molecule has 0 amide bonds. The highest BCUT2D eigenvalue weighted by Gasteiger charge is 2.28. The van der Waals surface area contributed by atoms with Crippen molar-refractivity contribution in [3.8, 4) is 0 Å². The van der Waals surface area contributed by atoms with Crippen molar-refractivity contribution in [1.29, 1.82) is 0 Å². The molecule has 0 bridgehead atoms. The fourth-order valence-corrected chi connectivity index (χ4v) is 2.40. The summed E-state index contributed by atoms with van der Waals surface area (Å²) in [6.07, 6.45) is 2.59. The van der Waals surface area contributed by atoms with Gasteiger partial charge in [0.1, 0.15) is 6.67 Å². The van der Waals surface area contributed by atoms with Crippen molar-refractivity contribution < 1.29 is 4.74 Å². The van der Waals surface area contributed by atoms with E-state index in [0.29, 0.717) is 19.2 Å². The summed E-state index contributed by atoms with van der Waals surface area (Å²) >= 11 is 0. The Labute approximate surface area is 107 Å². The molecule has 0 saturated heterocycles. The molecule has 1 aliphatic carbocycles. The average Bonchev–Trinajstić information content (AvgIpc) is 3.12. The summed E-state index contributed by atoms with van der Waals surface area (Å²) in [5.41, 5.74) is 3.80. The van der Waals surface area contributed by atoms with Gasteiger partial charge in [0.25, 0.3) is 0 Å². The normalized spacial score (nSPS) is 18.8. The molecule has 0 N–H and O–H groups in total. The minimum Gasteiger partial charge on any atom is -0.380 e. The first-order valence-corrected chi connectivity index (χ1v) is 6.30. The van der Waals surface area contributed by atoms with Crippen LogP contribution in [0.5, 0.6) is 0 Å². The zero-order chi connectivity index (χ0) is 12.5. The van der Waals surface area contributed by atoms with E-state index in [1.807, 2.05) is 17.1 Å². The molecule has 1 fully saturated rings. The fraction of sp³-hybridized carbons (Fsp3) is 0.538. The number of benzene rings is 1. The van der Waals surface area contributed by atoms with Gasteiger partial charge in [0.15, 0.2) is 0 Å². The van der Waals surface area contributed by atoms with Gasteiger partial charge in [-0.05, 0) is 35.6 Å². The van der Waals surface area contributed by atoms with Gasteiger partial charge in [-0.1, -0.05) is 17.4 Å². The molecule has 1 aromatic carbocycles. The summed E-state index contributed by atoms with van der Waals surface area (Å²) in [6.45, 7) is 1.34. The van der Waals surface area contributed by atoms with Crippen molar-refractivity contribution in [3.63, 3.8) is 0 Å². The fourth-order valence-electron chi connectivity index (χ4n) is 2.40. The smallest absolute Gasteiger partial charge is 0.132 e. The van der Waals surface area contributed by atoms with Crippen LogP contribution in [0.15, 0.2) is 28.6 Å². The molecule has 0 atom stereocenters. The van der Waals surface area contributed by atoms with Gasteiger partial charge >= 0.3 is 0 Å². The second-order valence-corrected chi connectivity index (χ2v) is 4.93. The Morgan fingerprint density at radius 1 is 1.33 bits per heavy atom. The molecule has 1 aromatic rings. The first kappa shape index (κ1) is 11.5. The SMILES string of the molecule is COCc1c(C2CC2)cccc1N1CN(C)N=N1. The van der Waals surface area contributed by atoms with E-state index < -0.39 is 0 Å². The third-order valence-electron chi connectivity index (χ3n) is 3.41. The predicted octanol–water partition coefficient (Wildman–Crippen LogP) is 2.70. The van der Waals surface area contributed by atoms with Crippen LogP contribution in [-0.4, -0.2) is 25.8 Å². The maximum Gasteiger partial charge on any atom is 0.132 e. The molecule has 5 heteroatoms. The highest BCUT2D eigenvalue weighted by atomic mass is 16.5. The van der Waals surface area contributed by atoms with Crippen LogP contribution in [0, 0.1) is 0 Å². The van der Waals surface area contributed by atoms with Crippen molar-refractivity contribution in [2.75, 3.05) is 25.8 Å². The lowest BCUT2D eigenvalue weighted by molar-refractivity contribution is 0.184. The molecular formula is C13H18N4O. The van der Waals surface area contributed by atoms with E-state index in [1.54, 1.807) is 7.11 Å². The van der Waals surface area contributed by atoms with Gasteiger partial charge in [0.05, 0.1) is 12.3 Å². The van der Waals surface area contributed by atoms with Gasteiger partial charge in [-0.2, -0.15) is 0 Å². The first-order chi connectivity index (χ1) is 8.79. The largest absolute Gasteiger partial charge is 0.380 e. The summed E-state index contributed by atoms with van der Waals surface area (Å²) in [5, 5.41) is 12.0. The molecule has 1 heterocycles. The summed E-state index contributed by atoms with van der Waals surface area (Å²) < 4.78 is 5.36. The molecule has 5 nitrogen and oxygen atoms in total. The highest BCUT2D eigenvalue weighted by Crippen LogP contribution is 2.44. The zero-order valence-corrected chi connectivity index (χ0v) is 10.8. The summed E-state index contributed by atoms with van der Waals surface area (Å²) in [6, 6.07) is 6.42. The van der Waals surface area contributed by atoms with Crippen LogP contribution in [-0.2, 0) is 11.3 Å². The van der Waals surface area contributed by atoms with Crippen molar-refractivity contribution in [1.82, 2.24) is 5.01 Å². The molecule has 1 saturated carbocycles. The maximum absolute atomic E-state index is 5.36. The Bertz CT molecular complexity index is 470. The average molecular weight is 246 g/mol. The van der Waals surface area contributed by atoms with Crippen LogP contribution in [0.1, 0.15) is 29.9 Å². The van der Waals surface area contributed by atoms with Gasteiger partial charge in [-0.15, -0.1) is 0 Å². The summed E-state index contributed by atoms with van der Waals surface area (Å²) in [7, 11) is 3.66. The van der Waals surface area contributed by atoms with E-state index in [0.717, 1.165) is 5.69 Å². The van der Waals surface area contributed by atoms with E-state index in [-0.39, 0.29) is 0 Å². The topological polar surface area (TPSA) is 40.4 Å². The lowest BCUT2D eigenvalue weighted by Crippen LogP contribution is -2.23. The number of hydrogen-bond acceptors (Lipinski definition) is 5. The molecule has 96 valence electrons. The maximum atomic E-state index is 5.36. The number of hydrogen-bond donors (Lipinski definition) is 0. The molecule has 3 rings (SSSR count). The van der Waals surface area contributed by atoms with Crippen molar-refractivity contribution in [2.45, 2.75) is 25.4 Å². The first-order valence-electron chi connectivity index (χ1n) is 6.30. The third-order valence-corrected chi connectivity index (χ3v) is 3.41. The number of nitrogens with zero attached hydrogens (tertiary/aromatic N) is 4. The Hall–Kier alpha value is -1.62. The van der Waals surface area contributed by atoms with E-state index in [4.69, 9.17) is 4.74 Å². The number of anilines is 1. The van der Waals surface area contributed by atoms with Gasteiger partial charge in [0.2, 0.25) is 0 Å². The van der Waals surface area contributed by atoms with Crippen LogP contribution in [0.2, 0.25) is 0 Å². The third kappa shape index (κ3) is 2.06. The van der Waals surface area contributed by atoms with E-state index >= 15 is 0 Å². The van der Waals surface area contributed by atoms with Crippen LogP contribution >= 0.6 is 0 Å². The number of ether oxygens (including phenoxy) is 1. The van der Waals surface area contributed by atoms with Gasteiger partial charge in [0, 0.05) is 19.7 Å². The molecule has 18 heavy (non-hydrogen) atoms. The van der Waals surface area contributed by atoms with Gasteiger partial charge in [-0.3, -0.25) is 5.01 Å². The standard InChI is InChI=1S/C13H18N4O/c1-16-9-17(15-14-16)13-5-3-4-11(10-6-7-10)12(13)8-18-2/h3-5,10H,6-9H2,1-2H3. The molecule has 0 unspecified atom stereocenters. The minimum absolute atomic E-state index is 0.637. The second kappa shape index (κ2) is 4.57. The predicted molar refractivity (Wildman–Crippen MR) is 69.1 cm³/mol. The zero-order valence-electron chi connectivity index (χ0n) is 10.8. The van der Waals surface area contributed by atoms with Crippen LogP contribution in [0.3, 0.4) is 0 Å². The Morgan fingerprint density at radius 3 is 2.78 bits per heavy atom. The molecule has 0 radical (unpaired) electrons. The molecule has 2 aliphatic rings. The van der Waals surface area contributed by atoms with E-state index in [2.05, 4.69) is 28.6 Å². The summed E-state index contributed by atoms with van der Waals surface area (Å²) in [5.74, 6) is 0.715. The molecule has 0 aromatic heterocycles. The van der Waals surface area contributed by atoms with Gasteiger partial charge in [-0.25, -0.2) is 5.01 Å². The Balaban J connectivity index is 1.97. The summed E-state index contributed by atoms with van der Waals surface area (Å²) in [4.78, 5) is 0. The van der Waals surface area contributed by atoms with Gasteiger partial charge < -0.3 is 4.74 Å². The lowest BCUT2D eigenvalue weighted by atomic mass is 10.0. The molecule has 0 spiro atoms. The monoisotopic (exact) mass is 246 g/mol. The lowest BCUT2D eigenvalue weighted by Gasteiger charge is -2.19. The number of methoxy groups -OCH3 is 1. The Morgan fingerprint density at radius 2 is 2.17 bits per heavy atom. The van der Waals surface area contributed by atoms with Crippen molar-refractivity contribution in [2.24, 2.45) is 10.4 Å². The van der Waals surface area contributed by atoms with E-state index in [1.165, 1.54) is 24.0 Å². The van der Waals surface area contributed by atoms with Crippen LogP contribution in [0.25, 0.3) is 0 Å². The van der Waals surface area contributed by atoms with Crippen LogP contribution < -0.4 is 5.01 Å². The Kier molecular flexibility index (Phi) is 2.91. The molecular weight excluding hydrogens is 228 g/mol. The minimum atomic E-state index is 0.637. The van der Waals surface area contributed by atoms with Crippen LogP contribution in [0.4, 0.5) is 5.69 Å². The molecule has 1 aliphatic heterocycles. The highest BCUT2D eigenvalue weighted by molar-refractivity contribution is 5.57. The van der Waals surface area contributed by atoms with E-state index in [9.17, 15) is 0 Å². The van der Waals surface area contributed by atoms with Crippen molar-refractivity contribution in [3.05, 3.63) is 29.3 Å². The quantitative estimate of drug-likeness (QED) is 0.820. The number of rotatable bonds is 4. The second-order valence-electron chi connectivity index (χ2n) is 4.93.